The number of ether oxygens (including phenoxy) is 1. The Morgan fingerprint density at radius 1 is 1.08 bits per heavy atom. The second-order valence-corrected chi connectivity index (χ2v) is 9.15. The number of anilines is 3. The summed E-state index contributed by atoms with van der Waals surface area (Å²) in [4.78, 5) is 24.6. The molecule has 1 aliphatic heterocycles. The van der Waals surface area contributed by atoms with E-state index in [2.05, 4.69) is 15.2 Å². The molecule has 0 atom stereocenters. The van der Waals surface area contributed by atoms with Crippen molar-refractivity contribution in [1.82, 2.24) is 18.9 Å². The third-order valence-electron chi connectivity index (χ3n) is 6.90. The first-order valence-electron chi connectivity index (χ1n) is 12.3. The monoisotopic (exact) mass is 484 g/mol. The van der Waals surface area contributed by atoms with Crippen LogP contribution >= 0.6 is 0 Å². The van der Waals surface area contributed by atoms with Crippen LogP contribution < -0.4 is 20.5 Å². The van der Waals surface area contributed by atoms with E-state index in [0.717, 1.165) is 48.2 Å². The average molecular weight is 485 g/mol. The number of aliphatic hydroxyl groups excluding tert-OH is 1. The summed E-state index contributed by atoms with van der Waals surface area (Å²) < 4.78 is 9.44. The Morgan fingerprint density at radius 2 is 1.89 bits per heavy atom. The van der Waals surface area contributed by atoms with Crippen LogP contribution in [0.5, 0.6) is 5.75 Å². The van der Waals surface area contributed by atoms with Gasteiger partial charge in [-0.1, -0.05) is 18.2 Å². The van der Waals surface area contributed by atoms with Crippen LogP contribution in [0.3, 0.4) is 0 Å². The fourth-order valence-electron chi connectivity index (χ4n) is 4.98. The van der Waals surface area contributed by atoms with Crippen molar-refractivity contribution in [2.24, 2.45) is 7.05 Å². The summed E-state index contributed by atoms with van der Waals surface area (Å²) in [5, 5.41) is 14.1. The highest BCUT2D eigenvalue weighted by Crippen LogP contribution is 2.33. The van der Waals surface area contributed by atoms with Crippen LogP contribution in [0.25, 0.3) is 27.6 Å². The number of aliphatic hydroxyl groups is 1. The van der Waals surface area contributed by atoms with Crippen LogP contribution in [-0.4, -0.2) is 49.8 Å². The Kier molecular flexibility index (Phi) is 5.49. The van der Waals surface area contributed by atoms with Crippen LogP contribution in [0.4, 0.5) is 17.3 Å². The molecule has 6 rings (SSSR count). The van der Waals surface area contributed by atoms with Crippen molar-refractivity contribution in [2.75, 3.05) is 29.9 Å². The number of nitrogens with zero attached hydrogens (tertiary/aromatic N) is 5. The molecule has 9 nitrogen and oxygen atoms in total. The molecule has 0 bridgehead atoms. The highest BCUT2D eigenvalue weighted by atomic mass is 16.5. The van der Waals surface area contributed by atoms with Gasteiger partial charge in [0.05, 0.1) is 30.1 Å². The van der Waals surface area contributed by atoms with Crippen LogP contribution in [0.15, 0.2) is 59.5 Å². The summed E-state index contributed by atoms with van der Waals surface area (Å²) in [6, 6.07) is 15.8. The molecule has 0 saturated carbocycles. The van der Waals surface area contributed by atoms with Gasteiger partial charge in [-0.05, 0) is 44.0 Å². The maximum absolute atomic E-state index is 13.0. The van der Waals surface area contributed by atoms with Crippen LogP contribution in [0.2, 0.25) is 0 Å². The van der Waals surface area contributed by atoms with Crippen molar-refractivity contribution in [2.45, 2.75) is 25.9 Å². The van der Waals surface area contributed by atoms with Crippen molar-refractivity contribution < 1.29 is 9.84 Å². The number of rotatable bonds is 5. The third-order valence-corrected chi connectivity index (χ3v) is 6.90. The second-order valence-electron chi connectivity index (χ2n) is 9.15. The summed E-state index contributed by atoms with van der Waals surface area (Å²) in [6.07, 6.45) is 2.98. The molecular weight excluding hydrogens is 456 g/mol. The van der Waals surface area contributed by atoms with Crippen LogP contribution in [0, 0.1) is 0 Å². The molecule has 0 radical (unpaired) electrons. The molecule has 2 aromatic carbocycles. The number of hydrogen-bond acceptors (Lipinski definition) is 7. The quantitative estimate of drug-likeness (QED) is 0.391. The van der Waals surface area contributed by atoms with Gasteiger partial charge in [-0.2, -0.15) is 4.98 Å². The zero-order valence-electron chi connectivity index (χ0n) is 20.3. The molecule has 9 heteroatoms. The van der Waals surface area contributed by atoms with Gasteiger partial charge in [-0.3, -0.25) is 9.20 Å². The van der Waals surface area contributed by atoms with E-state index < -0.39 is 0 Å². The predicted octanol–water partition coefficient (Wildman–Crippen LogP) is 3.84. The smallest absolute Gasteiger partial charge is 0.275 e. The lowest BCUT2D eigenvalue weighted by molar-refractivity contribution is 0.145. The highest BCUT2D eigenvalue weighted by Gasteiger charge is 2.19. The molecule has 0 unspecified atom stereocenters. The van der Waals surface area contributed by atoms with Crippen molar-refractivity contribution in [3.8, 4) is 5.75 Å². The number of fused-ring (bicyclic) bond motifs is 5. The lowest BCUT2D eigenvalue weighted by Gasteiger charge is -2.32. The highest BCUT2D eigenvalue weighted by molar-refractivity contribution is 5.92. The Morgan fingerprint density at radius 3 is 2.69 bits per heavy atom. The fourth-order valence-corrected chi connectivity index (χ4v) is 4.98. The van der Waals surface area contributed by atoms with E-state index in [1.165, 1.54) is 0 Å². The Balaban J connectivity index is 1.42. The summed E-state index contributed by atoms with van der Waals surface area (Å²) in [7, 11) is 1.74. The van der Waals surface area contributed by atoms with Gasteiger partial charge in [0.15, 0.2) is 5.65 Å². The van der Waals surface area contributed by atoms with Gasteiger partial charge in [0.25, 0.3) is 5.56 Å². The van der Waals surface area contributed by atoms with Crippen molar-refractivity contribution in [3.63, 3.8) is 0 Å². The molecule has 0 amide bonds. The number of hydrogen-bond donors (Lipinski definition) is 2. The minimum Gasteiger partial charge on any atom is -0.492 e. The molecule has 1 aliphatic rings. The molecular formula is C27H28N6O3. The lowest BCUT2D eigenvalue weighted by atomic mass is 10.1. The molecule has 5 aromatic rings. The van der Waals surface area contributed by atoms with Crippen LogP contribution in [0.1, 0.15) is 19.8 Å². The molecule has 1 fully saturated rings. The number of para-hydroxylation sites is 1. The fraction of sp³-hybridized carbons (Fsp3) is 0.296. The van der Waals surface area contributed by atoms with Gasteiger partial charge < -0.3 is 24.6 Å². The first-order valence-corrected chi connectivity index (χ1v) is 12.3. The van der Waals surface area contributed by atoms with E-state index in [1.807, 2.05) is 59.9 Å². The van der Waals surface area contributed by atoms with Gasteiger partial charge in [0.1, 0.15) is 16.8 Å². The minimum absolute atomic E-state index is 0.0949. The SMILES string of the molecule is CCOc1cc(N2CCC(O)CC2)ccc1Nc1ncc2c(n1)n1c(cc3ccccc31)c(=O)n2C. The Labute approximate surface area is 207 Å². The summed E-state index contributed by atoms with van der Waals surface area (Å²) >= 11 is 0. The first kappa shape index (κ1) is 22.4. The zero-order valence-corrected chi connectivity index (χ0v) is 20.3. The topological polar surface area (TPSA) is 96.9 Å². The molecule has 1 saturated heterocycles. The van der Waals surface area contributed by atoms with E-state index in [-0.39, 0.29) is 11.7 Å². The standard InChI is InChI=1S/C27H28N6O3/c1-3-36-24-15-18(32-12-10-19(34)11-13-32)8-9-20(24)29-27-28-16-23-25(30-27)33-21-7-5-4-6-17(21)14-22(33)26(35)31(23)2/h4-9,14-16,19,34H,3,10-13H2,1-2H3,(H,28,29,30). The molecule has 0 aliphatic carbocycles. The third kappa shape index (κ3) is 3.72. The van der Waals surface area contributed by atoms with Gasteiger partial charge in [-0.25, -0.2) is 4.98 Å². The summed E-state index contributed by atoms with van der Waals surface area (Å²) in [6.45, 7) is 4.10. The van der Waals surface area contributed by atoms with E-state index in [0.29, 0.717) is 35.0 Å². The normalized spacial score (nSPS) is 14.7. The van der Waals surface area contributed by atoms with Crippen molar-refractivity contribution in [1.29, 1.82) is 0 Å². The summed E-state index contributed by atoms with van der Waals surface area (Å²) in [5.41, 5.74) is 4.51. The van der Waals surface area contributed by atoms with Crippen molar-refractivity contribution in [3.05, 3.63) is 65.1 Å². The Bertz CT molecular complexity index is 1650. The number of aromatic nitrogens is 4. The molecule has 0 spiro atoms. The van der Waals surface area contributed by atoms with Gasteiger partial charge in [-0.15, -0.1) is 0 Å². The molecule has 184 valence electrons. The number of nitrogens with one attached hydrogen (secondary N) is 1. The van der Waals surface area contributed by atoms with Crippen molar-refractivity contribution >= 4 is 44.9 Å². The van der Waals surface area contributed by atoms with E-state index >= 15 is 0 Å². The van der Waals surface area contributed by atoms with E-state index in [9.17, 15) is 9.90 Å². The zero-order chi connectivity index (χ0) is 24.8. The molecule has 4 heterocycles. The number of aryl methyl sites for hydroxylation is 1. The number of benzene rings is 2. The van der Waals surface area contributed by atoms with Gasteiger partial charge in [0.2, 0.25) is 5.95 Å². The first-order chi connectivity index (χ1) is 17.5. The largest absolute Gasteiger partial charge is 0.492 e. The predicted molar refractivity (Wildman–Crippen MR) is 142 cm³/mol. The molecule has 36 heavy (non-hydrogen) atoms. The lowest BCUT2D eigenvalue weighted by Crippen LogP contribution is -2.35. The summed E-state index contributed by atoms with van der Waals surface area (Å²) in [5.74, 6) is 1.12. The Hall–Kier alpha value is -4.11. The number of piperidine rings is 1. The van der Waals surface area contributed by atoms with Gasteiger partial charge in [0, 0.05) is 37.3 Å². The molecule has 3 aromatic heterocycles. The maximum atomic E-state index is 13.0. The maximum Gasteiger partial charge on any atom is 0.275 e. The minimum atomic E-state index is -0.220. The second kappa shape index (κ2) is 8.83. The van der Waals surface area contributed by atoms with Gasteiger partial charge >= 0.3 is 0 Å². The molecule has 2 N–H and O–H groups in total. The average Bonchev–Trinajstić information content (AvgIpc) is 3.29. The van der Waals surface area contributed by atoms with E-state index in [4.69, 9.17) is 9.72 Å². The van der Waals surface area contributed by atoms with Crippen LogP contribution in [-0.2, 0) is 7.05 Å². The van der Waals surface area contributed by atoms with E-state index in [1.54, 1.807) is 17.8 Å².